The van der Waals surface area contributed by atoms with Gasteiger partial charge in [-0.3, -0.25) is 9.59 Å². The smallest absolute Gasteiger partial charge is 0.165 e. The van der Waals surface area contributed by atoms with Gasteiger partial charge in [0, 0.05) is 0 Å². The molecular weight excluding hydrogens is 295 g/mol. The van der Waals surface area contributed by atoms with E-state index in [1.807, 2.05) is 36.4 Å². The van der Waals surface area contributed by atoms with Gasteiger partial charge in [0.15, 0.2) is 11.6 Å². The molecule has 0 heterocycles. The molecule has 104 valence electrons. The summed E-state index contributed by atoms with van der Waals surface area (Å²) < 4.78 is 0. The number of hydrogen-bond acceptors (Lipinski definition) is 2. The molecule has 0 fully saturated rings. The molecule has 0 unspecified atom stereocenters. The molecule has 1 aromatic carbocycles. The van der Waals surface area contributed by atoms with Crippen LogP contribution >= 0.6 is 23.2 Å². The first-order valence-corrected chi connectivity index (χ1v) is 7.34. The van der Waals surface area contributed by atoms with E-state index in [2.05, 4.69) is 0 Å². The van der Waals surface area contributed by atoms with E-state index in [0.717, 1.165) is 11.1 Å². The van der Waals surface area contributed by atoms with E-state index in [1.54, 1.807) is 12.2 Å². The molecule has 4 heteroatoms. The molecule has 1 aliphatic rings. The number of halogens is 2. The standard InChI is InChI=1S/C16H14Cl2O2/c17-10-14(19)16(15(20)11-18)8-6-13(7-9-16)12-4-2-1-3-5-12/h1-8H,9-11H2. The van der Waals surface area contributed by atoms with Crippen LogP contribution in [0.4, 0.5) is 0 Å². The summed E-state index contributed by atoms with van der Waals surface area (Å²) in [5, 5.41) is 0. The SMILES string of the molecule is O=C(CCl)C1(C(=O)CCl)C=CC(c2ccccc2)=CC1. The molecule has 0 bridgehead atoms. The Hall–Kier alpha value is -1.38. The lowest BCUT2D eigenvalue weighted by atomic mass is 9.73. The zero-order valence-electron chi connectivity index (χ0n) is 10.8. The molecular formula is C16H14Cl2O2. The quantitative estimate of drug-likeness (QED) is 0.615. The van der Waals surface area contributed by atoms with Crippen molar-refractivity contribution >= 4 is 40.3 Å². The Kier molecular flexibility index (Phi) is 4.79. The van der Waals surface area contributed by atoms with Gasteiger partial charge in [-0.2, -0.15) is 0 Å². The minimum atomic E-state index is -1.19. The molecule has 2 rings (SSSR count). The van der Waals surface area contributed by atoms with Gasteiger partial charge in [0.2, 0.25) is 0 Å². The maximum atomic E-state index is 12.0. The predicted molar refractivity (Wildman–Crippen MR) is 82.1 cm³/mol. The summed E-state index contributed by atoms with van der Waals surface area (Å²) in [7, 11) is 0. The topological polar surface area (TPSA) is 34.1 Å². The van der Waals surface area contributed by atoms with E-state index in [4.69, 9.17) is 23.2 Å². The second kappa shape index (κ2) is 6.38. The molecule has 0 aliphatic heterocycles. The molecule has 0 saturated carbocycles. The third kappa shape index (κ3) is 2.72. The number of ketones is 2. The van der Waals surface area contributed by atoms with Gasteiger partial charge in [-0.25, -0.2) is 0 Å². The van der Waals surface area contributed by atoms with Crippen molar-refractivity contribution in [1.29, 1.82) is 0 Å². The van der Waals surface area contributed by atoms with Crippen molar-refractivity contribution in [3.8, 4) is 0 Å². The fourth-order valence-corrected chi connectivity index (χ4v) is 2.77. The fraction of sp³-hybridized carbons (Fsp3) is 0.250. The second-order valence-corrected chi connectivity index (χ2v) is 5.18. The maximum Gasteiger partial charge on any atom is 0.165 e. The number of hydrogen-bond donors (Lipinski definition) is 0. The molecule has 1 aliphatic carbocycles. The van der Waals surface area contributed by atoms with E-state index in [1.165, 1.54) is 0 Å². The van der Waals surface area contributed by atoms with Gasteiger partial charge in [-0.05, 0) is 17.6 Å². The molecule has 0 N–H and O–H groups in total. The maximum absolute atomic E-state index is 12.0. The zero-order valence-corrected chi connectivity index (χ0v) is 12.3. The van der Waals surface area contributed by atoms with Gasteiger partial charge in [-0.1, -0.05) is 48.6 Å². The van der Waals surface area contributed by atoms with Crippen LogP contribution in [0.3, 0.4) is 0 Å². The van der Waals surface area contributed by atoms with Crippen molar-refractivity contribution in [2.24, 2.45) is 5.41 Å². The van der Waals surface area contributed by atoms with Gasteiger partial charge in [0.25, 0.3) is 0 Å². The van der Waals surface area contributed by atoms with Gasteiger partial charge in [0.05, 0.1) is 11.8 Å². The lowest BCUT2D eigenvalue weighted by Crippen LogP contribution is -2.40. The average molecular weight is 309 g/mol. The first kappa shape index (κ1) is 15.0. The number of allylic oxidation sites excluding steroid dienone is 4. The van der Waals surface area contributed by atoms with Crippen LogP contribution in [-0.2, 0) is 9.59 Å². The summed E-state index contributed by atoms with van der Waals surface area (Å²) in [5.41, 5.74) is 0.849. The summed E-state index contributed by atoms with van der Waals surface area (Å²) in [4.78, 5) is 24.1. The van der Waals surface area contributed by atoms with E-state index >= 15 is 0 Å². The van der Waals surface area contributed by atoms with Crippen molar-refractivity contribution in [2.45, 2.75) is 6.42 Å². The Balaban J connectivity index is 2.31. The minimum absolute atomic E-state index is 0.193. The van der Waals surface area contributed by atoms with Crippen molar-refractivity contribution in [3.63, 3.8) is 0 Å². The summed E-state index contributed by atoms with van der Waals surface area (Å²) >= 11 is 11.3. The molecule has 0 radical (unpaired) electrons. The Bertz CT molecular complexity index is 557. The van der Waals surface area contributed by atoms with Crippen LogP contribution < -0.4 is 0 Å². The van der Waals surface area contributed by atoms with Crippen molar-refractivity contribution < 1.29 is 9.59 Å². The summed E-state index contributed by atoms with van der Waals surface area (Å²) in [6, 6.07) is 9.79. The highest BCUT2D eigenvalue weighted by molar-refractivity contribution is 6.35. The average Bonchev–Trinajstić information content (AvgIpc) is 2.54. The second-order valence-electron chi connectivity index (χ2n) is 4.65. The van der Waals surface area contributed by atoms with Gasteiger partial charge < -0.3 is 0 Å². The highest BCUT2D eigenvalue weighted by atomic mass is 35.5. The molecule has 0 spiro atoms. The molecule has 20 heavy (non-hydrogen) atoms. The van der Waals surface area contributed by atoms with Crippen LogP contribution in [0, 0.1) is 5.41 Å². The summed E-state index contributed by atoms with van der Waals surface area (Å²) in [6.45, 7) is 0. The van der Waals surface area contributed by atoms with E-state index in [-0.39, 0.29) is 23.3 Å². The van der Waals surface area contributed by atoms with Crippen molar-refractivity contribution in [1.82, 2.24) is 0 Å². The Morgan fingerprint density at radius 1 is 1.05 bits per heavy atom. The lowest BCUT2D eigenvalue weighted by molar-refractivity contribution is -0.134. The highest BCUT2D eigenvalue weighted by Gasteiger charge is 2.42. The summed E-state index contributed by atoms with van der Waals surface area (Å²) in [5.74, 6) is -0.989. The predicted octanol–water partition coefficient (Wildman–Crippen LogP) is 3.63. The van der Waals surface area contributed by atoms with Crippen LogP contribution in [0.2, 0.25) is 0 Å². The van der Waals surface area contributed by atoms with Crippen LogP contribution in [0.15, 0.2) is 48.6 Å². The third-order valence-electron chi connectivity index (χ3n) is 3.54. The van der Waals surface area contributed by atoms with Crippen LogP contribution in [-0.4, -0.2) is 23.3 Å². The van der Waals surface area contributed by atoms with Gasteiger partial charge in [-0.15, -0.1) is 23.2 Å². The zero-order chi connectivity index (χ0) is 14.6. The molecule has 0 amide bonds. The van der Waals surface area contributed by atoms with Crippen LogP contribution in [0.25, 0.3) is 5.57 Å². The van der Waals surface area contributed by atoms with Gasteiger partial charge in [0.1, 0.15) is 5.41 Å². The number of alkyl halides is 2. The normalized spacial score (nSPS) is 16.6. The number of Topliss-reactive ketones (excluding diaryl/α,β-unsaturated/α-hetero) is 2. The van der Waals surface area contributed by atoms with Crippen LogP contribution in [0.5, 0.6) is 0 Å². The Morgan fingerprint density at radius 3 is 2.10 bits per heavy atom. The highest BCUT2D eigenvalue weighted by Crippen LogP contribution is 2.35. The number of benzene rings is 1. The van der Waals surface area contributed by atoms with E-state index in [0.29, 0.717) is 6.42 Å². The first-order chi connectivity index (χ1) is 9.64. The van der Waals surface area contributed by atoms with Crippen molar-refractivity contribution in [2.75, 3.05) is 11.8 Å². The third-order valence-corrected chi connectivity index (χ3v) is 4.02. The van der Waals surface area contributed by atoms with Crippen molar-refractivity contribution in [3.05, 3.63) is 54.1 Å². The van der Waals surface area contributed by atoms with E-state index < -0.39 is 5.41 Å². The number of carbonyl (C=O) groups excluding carboxylic acids is 2. The van der Waals surface area contributed by atoms with E-state index in [9.17, 15) is 9.59 Å². The molecule has 1 aromatic rings. The Labute approximate surface area is 128 Å². The monoisotopic (exact) mass is 308 g/mol. The van der Waals surface area contributed by atoms with Crippen LogP contribution in [0.1, 0.15) is 12.0 Å². The number of rotatable bonds is 5. The largest absolute Gasteiger partial charge is 0.297 e. The fourth-order valence-electron chi connectivity index (χ4n) is 2.29. The minimum Gasteiger partial charge on any atom is -0.297 e. The first-order valence-electron chi connectivity index (χ1n) is 6.27. The molecule has 0 saturated heterocycles. The summed E-state index contributed by atoms with van der Waals surface area (Å²) in [6.07, 6.45) is 5.65. The molecule has 0 aromatic heterocycles. The molecule has 2 nitrogen and oxygen atoms in total. The lowest BCUT2D eigenvalue weighted by Gasteiger charge is -2.28. The van der Waals surface area contributed by atoms with Gasteiger partial charge >= 0.3 is 0 Å². The Morgan fingerprint density at radius 2 is 1.65 bits per heavy atom. The number of carbonyl (C=O) groups is 2. The molecule has 0 atom stereocenters.